The number of methoxy groups -OCH3 is 1. The van der Waals surface area contributed by atoms with Crippen LogP contribution in [0.5, 0.6) is 11.5 Å². The van der Waals surface area contributed by atoms with Gasteiger partial charge in [-0.05, 0) is 25.5 Å². The molecule has 1 aromatic heterocycles. The number of benzene rings is 1. The number of hydrogen-bond acceptors (Lipinski definition) is 5. The number of carbonyl (C=O) groups is 1. The van der Waals surface area contributed by atoms with Crippen LogP contribution in [0.15, 0.2) is 24.4 Å². The maximum atomic E-state index is 12.7. The third-order valence-electron chi connectivity index (χ3n) is 5.24. The number of rotatable bonds is 5. The van der Waals surface area contributed by atoms with Crippen LogP contribution in [0.3, 0.4) is 0 Å². The summed E-state index contributed by atoms with van der Waals surface area (Å²) in [5.41, 5.74) is 1.82. The smallest absolute Gasteiger partial charge is 0.321 e. The summed E-state index contributed by atoms with van der Waals surface area (Å²) < 4.78 is 18.5. The quantitative estimate of drug-likeness (QED) is 0.855. The van der Waals surface area contributed by atoms with Crippen molar-refractivity contribution in [3.05, 3.63) is 35.9 Å². The van der Waals surface area contributed by atoms with E-state index < -0.39 is 0 Å². The minimum atomic E-state index is -0.106. The van der Waals surface area contributed by atoms with E-state index in [0.29, 0.717) is 50.1 Å². The summed E-state index contributed by atoms with van der Waals surface area (Å²) in [6, 6.07) is 5.36. The lowest BCUT2D eigenvalue weighted by Gasteiger charge is -2.21. The zero-order chi connectivity index (χ0) is 19.5. The molecule has 2 aromatic rings. The van der Waals surface area contributed by atoms with Gasteiger partial charge in [-0.1, -0.05) is 0 Å². The maximum absolute atomic E-state index is 12.7. The molecule has 0 bridgehead atoms. The topological polar surface area (TPSA) is 77.9 Å². The van der Waals surface area contributed by atoms with E-state index in [1.54, 1.807) is 13.2 Å². The summed E-state index contributed by atoms with van der Waals surface area (Å²) in [7, 11) is 1.70. The zero-order valence-electron chi connectivity index (χ0n) is 16.3. The van der Waals surface area contributed by atoms with Crippen molar-refractivity contribution in [1.82, 2.24) is 14.5 Å². The van der Waals surface area contributed by atoms with E-state index in [-0.39, 0.29) is 11.9 Å². The van der Waals surface area contributed by atoms with Crippen LogP contribution in [0.25, 0.3) is 0 Å². The van der Waals surface area contributed by atoms with Gasteiger partial charge in [0.25, 0.3) is 0 Å². The van der Waals surface area contributed by atoms with Crippen molar-refractivity contribution >= 4 is 11.7 Å². The SMILES string of the molecule is COCCn1c(C)cnc1C1CCN(C(=O)Nc2ccc3c(c2)OCCO3)C1. The molecular formula is C20H26N4O4. The van der Waals surface area contributed by atoms with E-state index in [2.05, 4.69) is 14.9 Å². The van der Waals surface area contributed by atoms with Crippen LogP contribution in [0, 0.1) is 6.92 Å². The van der Waals surface area contributed by atoms with Gasteiger partial charge in [0.2, 0.25) is 0 Å². The summed E-state index contributed by atoms with van der Waals surface area (Å²) in [5.74, 6) is 2.64. The van der Waals surface area contributed by atoms with E-state index in [9.17, 15) is 4.79 Å². The van der Waals surface area contributed by atoms with Crippen LogP contribution in [0.1, 0.15) is 23.9 Å². The standard InChI is InChI=1S/C20H26N4O4/c1-14-12-21-19(24(14)7-8-26-2)15-5-6-23(13-15)20(25)22-16-3-4-17-18(11-16)28-10-9-27-17/h3-4,11-12,15H,5-10,13H2,1-2H3,(H,22,25). The highest BCUT2D eigenvalue weighted by Gasteiger charge is 2.30. The van der Waals surface area contributed by atoms with E-state index in [1.807, 2.05) is 30.2 Å². The first kappa shape index (κ1) is 18.6. The summed E-state index contributed by atoms with van der Waals surface area (Å²) in [4.78, 5) is 19.2. The molecule has 8 heteroatoms. The molecule has 1 N–H and O–H groups in total. The van der Waals surface area contributed by atoms with E-state index in [1.165, 1.54) is 0 Å². The fraction of sp³-hybridized carbons (Fsp3) is 0.500. The Morgan fingerprint density at radius 2 is 2.14 bits per heavy atom. The van der Waals surface area contributed by atoms with E-state index in [4.69, 9.17) is 14.2 Å². The molecule has 1 atom stereocenters. The van der Waals surface area contributed by atoms with Crippen molar-refractivity contribution in [3.8, 4) is 11.5 Å². The number of imidazole rings is 1. The molecule has 8 nitrogen and oxygen atoms in total. The molecule has 0 saturated carbocycles. The molecule has 2 amide bonds. The number of nitrogens with one attached hydrogen (secondary N) is 1. The van der Waals surface area contributed by atoms with Crippen LogP contribution in [0.4, 0.5) is 10.5 Å². The molecule has 0 radical (unpaired) electrons. The van der Waals surface area contributed by atoms with E-state index in [0.717, 1.165) is 24.5 Å². The Labute approximate surface area is 164 Å². The average Bonchev–Trinajstić information content (AvgIpc) is 3.33. The molecule has 1 unspecified atom stereocenters. The first-order chi connectivity index (χ1) is 13.7. The number of carbonyl (C=O) groups excluding carboxylic acids is 1. The number of hydrogen-bond donors (Lipinski definition) is 1. The van der Waals surface area contributed by atoms with Crippen LogP contribution in [-0.4, -0.2) is 60.5 Å². The van der Waals surface area contributed by atoms with Gasteiger partial charge in [0.05, 0.1) is 6.61 Å². The Balaban J connectivity index is 1.40. The monoisotopic (exact) mass is 386 g/mol. The molecule has 28 heavy (non-hydrogen) atoms. The molecule has 3 heterocycles. The maximum Gasteiger partial charge on any atom is 0.321 e. The zero-order valence-corrected chi connectivity index (χ0v) is 16.3. The summed E-state index contributed by atoms with van der Waals surface area (Å²) in [5, 5.41) is 2.96. The molecule has 0 aliphatic carbocycles. The second kappa shape index (κ2) is 8.10. The molecule has 150 valence electrons. The number of aryl methyl sites for hydroxylation is 1. The molecule has 2 aliphatic heterocycles. The Morgan fingerprint density at radius 1 is 1.32 bits per heavy atom. The normalized spacial score (nSPS) is 18.4. The first-order valence-electron chi connectivity index (χ1n) is 9.62. The lowest BCUT2D eigenvalue weighted by Crippen LogP contribution is -2.33. The number of anilines is 1. The van der Waals surface area contributed by atoms with Crippen molar-refractivity contribution in [2.24, 2.45) is 0 Å². The van der Waals surface area contributed by atoms with Gasteiger partial charge >= 0.3 is 6.03 Å². The van der Waals surface area contributed by atoms with Crippen LogP contribution in [0.2, 0.25) is 0 Å². The molecule has 1 saturated heterocycles. The van der Waals surface area contributed by atoms with Crippen molar-refractivity contribution in [2.75, 3.05) is 45.3 Å². The number of fused-ring (bicyclic) bond motifs is 1. The van der Waals surface area contributed by atoms with Gasteiger partial charge in [0, 0.05) is 56.3 Å². The third-order valence-corrected chi connectivity index (χ3v) is 5.24. The lowest BCUT2D eigenvalue weighted by molar-refractivity contribution is 0.171. The Kier molecular flexibility index (Phi) is 5.38. The van der Waals surface area contributed by atoms with Gasteiger partial charge in [-0.25, -0.2) is 9.78 Å². The van der Waals surface area contributed by atoms with Crippen LogP contribution >= 0.6 is 0 Å². The number of urea groups is 1. The number of aromatic nitrogens is 2. The third kappa shape index (κ3) is 3.77. The van der Waals surface area contributed by atoms with Gasteiger partial charge in [-0.15, -0.1) is 0 Å². The second-order valence-electron chi connectivity index (χ2n) is 7.12. The minimum Gasteiger partial charge on any atom is -0.486 e. The number of ether oxygens (including phenoxy) is 3. The highest BCUT2D eigenvalue weighted by molar-refractivity contribution is 5.90. The predicted octanol–water partition coefficient (Wildman–Crippen LogP) is 2.63. The van der Waals surface area contributed by atoms with Gasteiger partial charge in [-0.2, -0.15) is 0 Å². The number of nitrogens with zero attached hydrogens (tertiary/aromatic N) is 3. The van der Waals surface area contributed by atoms with Gasteiger partial charge in [-0.3, -0.25) is 0 Å². The second-order valence-corrected chi connectivity index (χ2v) is 7.12. The fourth-order valence-electron chi connectivity index (χ4n) is 3.76. The van der Waals surface area contributed by atoms with Crippen molar-refractivity contribution in [2.45, 2.75) is 25.8 Å². The molecule has 1 aromatic carbocycles. The average molecular weight is 386 g/mol. The molecule has 4 rings (SSSR count). The highest BCUT2D eigenvalue weighted by atomic mass is 16.6. The summed E-state index contributed by atoms with van der Waals surface area (Å²) in [6.07, 6.45) is 2.79. The summed E-state index contributed by atoms with van der Waals surface area (Å²) in [6.45, 7) is 5.90. The highest BCUT2D eigenvalue weighted by Crippen LogP contribution is 2.33. The minimum absolute atomic E-state index is 0.106. The van der Waals surface area contributed by atoms with Crippen molar-refractivity contribution in [3.63, 3.8) is 0 Å². The van der Waals surface area contributed by atoms with E-state index >= 15 is 0 Å². The Hall–Kier alpha value is -2.74. The van der Waals surface area contributed by atoms with Crippen molar-refractivity contribution < 1.29 is 19.0 Å². The van der Waals surface area contributed by atoms with Crippen LogP contribution in [-0.2, 0) is 11.3 Å². The van der Waals surface area contributed by atoms with Gasteiger partial charge in [0.15, 0.2) is 11.5 Å². The first-order valence-corrected chi connectivity index (χ1v) is 9.62. The van der Waals surface area contributed by atoms with Gasteiger partial charge in [0.1, 0.15) is 19.0 Å². The molecular weight excluding hydrogens is 360 g/mol. The molecule has 2 aliphatic rings. The Bertz CT molecular complexity index is 851. The molecule has 0 spiro atoms. The number of likely N-dealkylation sites (tertiary alicyclic amines) is 1. The van der Waals surface area contributed by atoms with Gasteiger partial charge < -0.3 is 29.0 Å². The summed E-state index contributed by atoms with van der Waals surface area (Å²) >= 11 is 0. The van der Waals surface area contributed by atoms with Crippen LogP contribution < -0.4 is 14.8 Å². The lowest BCUT2D eigenvalue weighted by atomic mass is 10.1. The van der Waals surface area contributed by atoms with Crippen molar-refractivity contribution in [1.29, 1.82) is 0 Å². The Morgan fingerprint density at radius 3 is 2.96 bits per heavy atom. The fourth-order valence-corrected chi connectivity index (χ4v) is 3.76. The number of amides is 2. The predicted molar refractivity (Wildman–Crippen MR) is 104 cm³/mol. The largest absolute Gasteiger partial charge is 0.486 e. The molecule has 1 fully saturated rings.